The van der Waals surface area contributed by atoms with E-state index in [1.807, 2.05) is 73.7 Å². The first-order valence-electron chi connectivity index (χ1n) is 16.3. The lowest BCUT2D eigenvalue weighted by molar-refractivity contribution is -0.135. The minimum atomic E-state index is -0.344. The first-order chi connectivity index (χ1) is 22.0. The number of benzene rings is 3. The summed E-state index contributed by atoms with van der Waals surface area (Å²) >= 11 is 0. The fourth-order valence-electron chi connectivity index (χ4n) is 6.36. The highest BCUT2D eigenvalue weighted by Gasteiger charge is 2.53. The number of piperidine rings is 1. The number of urea groups is 1. The van der Waals surface area contributed by atoms with E-state index in [1.54, 1.807) is 11.8 Å². The summed E-state index contributed by atoms with van der Waals surface area (Å²) in [6.07, 6.45) is 4.80. The molecule has 3 aromatic carbocycles. The first kappa shape index (κ1) is 31.4. The smallest absolute Gasteiger partial charge is 0.324 e. The van der Waals surface area contributed by atoms with Crippen LogP contribution in [0, 0.1) is 12.8 Å². The molecule has 0 atom stereocenters. The number of anilines is 2. The molecule has 1 aliphatic heterocycles. The Balaban J connectivity index is 1.02. The summed E-state index contributed by atoms with van der Waals surface area (Å²) in [6.45, 7) is 9.98. The van der Waals surface area contributed by atoms with Crippen molar-refractivity contribution in [2.24, 2.45) is 5.92 Å². The quantitative estimate of drug-likeness (QED) is 0.212. The van der Waals surface area contributed by atoms with Crippen LogP contribution in [-0.2, 0) is 22.0 Å². The Labute approximate surface area is 272 Å². The number of rotatable bonds is 8. The number of carbonyl (C=O) groups is 2. The van der Waals surface area contributed by atoms with Gasteiger partial charge in [-0.05, 0) is 92.5 Å². The van der Waals surface area contributed by atoms with Crippen LogP contribution in [0.2, 0.25) is 0 Å². The molecule has 1 aliphatic carbocycles. The van der Waals surface area contributed by atoms with Gasteiger partial charge in [-0.15, -0.1) is 0 Å². The van der Waals surface area contributed by atoms with Crippen LogP contribution < -0.4 is 15.4 Å². The van der Waals surface area contributed by atoms with Gasteiger partial charge < -0.3 is 15.0 Å². The molecule has 4 aromatic rings. The molecule has 46 heavy (non-hydrogen) atoms. The summed E-state index contributed by atoms with van der Waals surface area (Å²) < 4.78 is 7.08. The van der Waals surface area contributed by atoms with Crippen molar-refractivity contribution < 1.29 is 14.3 Å². The summed E-state index contributed by atoms with van der Waals surface area (Å²) in [5.41, 5.74) is 5.51. The number of nitrogens with one attached hydrogen (secondary N) is 2. The Kier molecular flexibility index (Phi) is 8.64. The van der Waals surface area contributed by atoms with Crippen molar-refractivity contribution in [3.8, 4) is 11.4 Å². The fraction of sp³-hybridized carbons (Fsp3) is 0.395. The Morgan fingerprint density at radius 2 is 1.57 bits per heavy atom. The van der Waals surface area contributed by atoms with E-state index in [-0.39, 0.29) is 22.8 Å². The van der Waals surface area contributed by atoms with Crippen molar-refractivity contribution in [2.75, 3.05) is 30.8 Å². The number of aryl methyl sites for hydroxylation is 1. The highest BCUT2D eigenvalue weighted by atomic mass is 16.5. The Morgan fingerprint density at radius 3 is 2.15 bits per heavy atom. The molecule has 3 amide bonds. The van der Waals surface area contributed by atoms with Crippen LogP contribution in [0.15, 0.2) is 78.9 Å². The largest absolute Gasteiger partial charge is 0.497 e. The van der Waals surface area contributed by atoms with E-state index in [9.17, 15) is 9.59 Å². The van der Waals surface area contributed by atoms with E-state index in [4.69, 9.17) is 9.84 Å². The lowest BCUT2D eigenvalue weighted by Gasteiger charge is -2.34. The Morgan fingerprint density at radius 1 is 0.913 bits per heavy atom. The van der Waals surface area contributed by atoms with Gasteiger partial charge in [0.15, 0.2) is 0 Å². The normalized spacial score (nSPS) is 16.2. The second kappa shape index (κ2) is 12.7. The molecule has 2 aliphatic rings. The van der Waals surface area contributed by atoms with Crippen LogP contribution in [0.25, 0.3) is 5.69 Å². The number of methoxy groups -OCH3 is 1. The van der Waals surface area contributed by atoms with E-state index in [0.29, 0.717) is 11.7 Å². The number of aromatic nitrogens is 2. The number of amides is 3. The van der Waals surface area contributed by atoms with Gasteiger partial charge in [0.25, 0.3) is 0 Å². The maximum atomic E-state index is 13.5. The van der Waals surface area contributed by atoms with E-state index in [2.05, 4.69) is 48.4 Å². The molecule has 240 valence electrons. The van der Waals surface area contributed by atoms with Crippen LogP contribution in [0.3, 0.4) is 0 Å². The third kappa shape index (κ3) is 6.81. The number of likely N-dealkylation sites (tertiary alicyclic amines) is 1. The summed E-state index contributed by atoms with van der Waals surface area (Å²) in [6, 6.07) is 25.8. The van der Waals surface area contributed by atoms with Crippen LogP contribution in [0.5, 0.6) is 5.75 Å². The molecule has 0 radical (unpaired) electrons. The number of nitrogens with zero attached hydrogens (tertiary/aromatic N) is 3. The molecule has 0 unspecified atom stereocenters. The summed E-state index contributed by atoms with van der Waals surface area (Å²) in [5, 5.41) is 10.8. The molecule has 8 heteroatoms. The predicted molar refractivity (Wildman–Crippen MR) is 183 cm³/mol. The van der Waals surface area contributed by atoms with Crippen LogP contribution in [0.4, 0.5) is 16.3 Å². The van der Waals surface area contributed by atoms with Crippen molar-refractivity contribution in [2.45, 2.75) is 70.6 Å². The van der Waals surface area contributed by atoms with Crippen LogP contribution in [-0.4, -0.2) is 46.8 Å². The van der Waals surface area contributed by atoms with Crippen molar-refractivity contribution in [1.29, 1.82) is 0 Å². The average Bonchev–Trinajstić information content (AvgIpc) is 3.75. The Bertz CT molecular complexity index is 1670. The number of carbonyl (C=O) groups excluding carboxylic acids is 2. The van der Waals surface area contributed by atoms with Crippen molar-refractivity contribution >= 4 is 23.4 Å². The molecular formula is C38H45N5O3. The minimum Gasteiger partial charge on any atom is -0.497 e. The van der Waals surface area contributed by atoms with Crippen molar-refractivity contribution in [1.82, 2.24) is 14.7 Å². The van der Waals surface area contributed by atoms with Gasteiger partial charge in [0.2, 0.25) is 5.91 Å². The lowest BCUT2D eigenvalue weighted by atomic mass is 9.88. The van der Waals surface area contributed by atoms with Gasteiger partial charge in [-0.3, -0.25) is 10.1 Å². The summed E-state index contributed by atoms with van der Waals surface area (Å²) in [4.78, 5) is 28.7. The standard InChI is InChI=1S/C38H45N5O3/c1-26-6-14-31(15-7-26)43-34(25-33(41-43)37(2,3)4)40-36(45)39-30-12-8-27(9-13-30)24-28-18-22-42(23-19-28)35(44)38(20-21-38)29-10-16-32(46-5)17-11-29/h6-17,25,28H,18-24H2,1-5H3,(H2,39,40,45). The average molecular weight is 620 g/mol. The van der Waals surface area contributed by atoms with Gasteiger partial charge in [-0.1, -0.05) is 62.7 Å². The number of hydrogen-bond donors (Lipinski definition) is 2. The highest BCUT2D eigenvalue weighted by Crippen LogP contribution is 2.50. The van der Waals surface area contributed by atoms with Gasteiger partial charge >= 0.3 is 6.03 Å². The number of hydrogen-bond acceptors (Lipinski definition) is 4. The van der Waals surface area contributed by atoms with Crippen LogP contribution >= 0.6 is 0 Å². The second-order valence-corrected chi connectivity index (χ2v) is 13.9. The lowest BCUT2D eigenvalue weighted by Crippen LogP contribution is -2.44. The fourth-order valence-corrected chi connectivity index (χ4v) is 6.36. The third-order valence-corrected chi connectivity index (χ3v) is 9.44. The predicted octanol–water partition coefficient (Wildman–Crippen LogP) is 7.64. The SMILES string of the molecule is COc1ccc(C2(C(=O)N3CCC(Cc4ccc(NC(=O)Nc5cc(C(C)(C)C)nn5-c5ccc(C)cc5)cc4)CC3)CC2)cc1. The summed E-state index contributed by atoms with van der Waals surface area (Å²) in [5.74, 6) is 2.24. The van der Waals surface area contributed by atoms with E-state index in [0.717, 1.165) is 79.1 Å². The van der Waals surface area contributed by atoms with Gasteiger partial charge in [0, 0.05) is 30.3 Å². The minimum absolute atomic E-state index is 0.165. The molecule has 1 saturated carbocycles. The van der Waals surface area contributed by atoms with E-state index in [1.165, 1.54) is 5.56 Å². The maximum absolute atomic E-state index is 13.5. The number of ether oxygens (including phenoxy) is 1. The zero-order valence-electron chi connectivity index (χ0n) is 27.6. The molecule has 2 fully saturated rings. The van der Waals surface area contributed by atoms with E-state index >= 15 is 0 Å². The maximum Gasteiger partial charge on any atom is 0.324 e. The molecule has 2 N–H and O–H groups in total. The topological polar surface area (TPSA) is 88.5 Å². The molecule has 0 spiro atoms. The van der Waals surface area contributed by atoms with E-state index < -0.39 is 0 Å². The van der Waals surface area contributed by atoms with Gasteiger partial charge in [0.05, 0.1) is 23.9 Å². The van der Waals surface area contributed by atoms with Gasteiger partial charge in [0.1, 0.15) is 11.6 Å². The Hall–Kier alpha value is -4.59. The molecule has 2 heterocycles. The highest BCUT2D eigenvalue weighted by molar-refractivity contribution is 5.99. The zero-order valence-corrected chi connectivity index (χ0v) is 27.6. The monoisotopic (exact) mass is 619 g/mol. The third-order valence-electron chi connectivity index (χ3n) is 9.44. The molecule has 0 bridgehead atoms. The first-order valence-corrected chi connectivity index (χ1v) is 16.3. The summed E-state index contributed by atoms with van der Waals surface area (Å²) in [7, 11) is 1.66. The molecular weight excluding hydrogens is 574 g/mol. The van der Waals surface area contributed by atoms with Gasteiger partial charge in [-0.25, -0.2) is 9.48 Å². The molecule has 6 rings (SSSR count). The van der Waals surface area contributed by atoms with Crippen molar-refractivity contribution in [3.63, 3.8) is 0 Å². The van der Waals surface area contributed by atoms with Crippen LogP contribution in [0.1, 0.15) is 68.8 Å². The molecule has 1 aromatic heterocycles. The van der Waals surface area contributed by atoms with Gasteiger partial charge in [-0.2, -0.15) is 5.10 Å². The zero-order chi connectivity index (χ0) is 32.5. The second-order valence-electron chi connectivity index (χ2n) is 13.9. The van der Waals surface area contributed by atoms with Crippen molar-refractivity contribution in [3.05, 3.63) is 101 Å². The molecule has 1 saturated heterocycles. The molecule has 8 nitrogen and oxygen atoms in total.